The van der Waals surface area contributed by atoms with Crippen LogP contribution in [0.5, 0.6) is 0 Å². The van der Waals surface area contributed by atoms with Crippen molar-refractivity contribution in [1.29, 1.82) is 0 Å². The SMILES string of the molecule is C=C(CC1(Cl)C(=O)N(S(=O)(=O)c2ccc(C)cc2)CC1CCl)C(=O)OCC. The molecule has 6 nitrogen and oxygen atoms in total. The molecule has 1 aliphatic heterocycles. The predicted molar refractivity (Wildman–Crippen MR) is 103 cm³/mol. The number of ether oxygens (including phenoxy) is 1. The number of hydrogen-bond donors (Lipinski definition) is 0. The summed E-state index contributed by atoms with van der Waals surface area (Å²) < 4.78 is 31.4. The quantitative estimate of drug-likeness (QED) is 0.375. The van der Waals surface area contributed by atoms with E-state index in [1.54, 1.807) is 19.1 Å². The molecule has 1 saturated heterocycles. The summed E-state index contributed by atoms with van der Waals surface area (Å²) in [5.74, 6) is -2.23. The van der Waals surface area contributed by atoms with Gasteiger partial charge >= 0.3 is 5.97 Å². The fourth-order valence-electron chi connectivity index (χ4n) is 2.86. The number of amides is 1. The van der Waals surface area contributed by atoms with E-state index in [4.69, 9.17) is 27.9 Å². The number of esters is 1. The summed E-state index contributed by atoms with van der Waals surface area (Å²) in [6.07, 6.45) is -0.247. The molecule has 1 amide bonds. The number of rotatable bonds is 7. The number of nitrogens with zero attached hydrogens (tertiary/aromatic N) is 1. The highest BCUT2D eigenvalue weighted by Crippen LogP contribution is 2.43. The molecule has 27 heavy (non-hydrogen) atoms. The minimum atomic E-state index is -4.09. The highest BCUT2D eigenvalue weighted by atomic mass is 35.5. The number of carbonyl (C=O) groups is 2. The molecular formula is C18H21Cl2NO5S. The van der Waals surface area contributed by atoms with Crippen molar-refractivity contribution < 1.29 is 22.7 Å². The Morgan fingerprint density at radius 2 is 1.96 bits per heavy atom. The zero-order valence-corrected chi connectivity index (χ0v) is 17.4. The second-order valence-corrected chi connectivity index (χ2v) is 9.21. The van der Waals surface area contributed by atoms with Gasteiger partial charge in [0.15, 0.2) is 0 Å². The third-order valence-electron chi connectivity index (χ3n) is 4.45. The highest BCUT2D eigenvalue weighted by molar-refractivity contribution is 7.89. The van der Waals surface area contributed by atoms with Crippen LogP contribution in [0.2, 0.25) is 0 Å². The fourth-order valence-corrected chi connectivity index (χ4v) is 5.25. The maximum absolute atomic E-state index is 13.0. The van der Waals surface area contributed by atoms with E-state index in [2.05, 4.69) is 6.58 Å². The van der Waals surface area contributed by atoms with E-state index >= 15 is 0 Å². The van der Waals surface area contributed by atoms with Crippen molar-refractivity contribution in [2.24, 2.45) is 5.92 Å². The van der Waals surface area contributed by atoms with E-state index in [-0.39, 0.29) is 35.9 Å². The van der Waals surface area contributed by atoms with Crippen LogP contribution in [0, 0.1) is 12.8 Å². The van der Waals surface area contributed by atoms with Gasteiger partial charge in [0, 0.05) is 30.3 Å². The van der Waals surface area contributed by atoms with Crippen molar-refractivity contribution >= 4 is 45.1 Å². The molecule has 2 unspecified atom stereocenters. The molecule has 0 radical (unpaired) electrons. The molecule has 0 N–H and O–H groups in total. The van der Waals surface area contributed by atoms with Crippen molar-refractivity contribution in [2.45, 2.75) is 30.0 Å². The lowest BCUT2D eigenvalue weighted by molar-refractivity contribution is -0.138. The Morgan fingerprint density at radius 1 is 1.37 bits per heavy atom. The number of alkyl halides is 2. The molecular weight excluding hydrogens is 413 g/mol. The van der Waals surface area contributed by atoms with Crippen molar-refractivity contribution in [3.05, 3.63) is 42.0 Å². The van der Waals surface area contributed by atoms with Crippen molar-refractivity contribution in [1.82, 2.24) is 4.31 Å². The fraction of sp³-hybridized carbons (Fsp3) is 0.444. The lowest BCUT2D eigenvalue weighted by atomic mass is 9.89. The largest absolute Gasteiger partial charge is 0.463 e. The smallest absolute Gasteiger partial charge is 0.333 e. The van der Waals surface area contributed by atoms with Gasteiger partial charge < -0.3 is 4.74 Å². The Kier molecular flexibility index (Phi) is 6.60. The van der Waals surface area contributed by atoms with Crippen LogP contribution < -0.4 is 0 Å². The molecule has 2 rings (SSSR count). The van der Waals surface area contributed by atoms with E-state index in [1.807, 2.05) is 6.92 Å². The summed E-state index contributed by atoms with van der Waals surface area (Å²) >= 11 is 12.5. The van der Waals surface area contributed by atoms with Gasteiger partial charge in [-0.2, -0.15) is 0 Å². The van der Waals surface area contributed by atoms with Gasteiger partial charge in [-0.1, -0.05) is 24.3 Å². The molecule has 1 fully saturated rings. The minimum Gasteiger partial charge on any atom is -0.463 e. The summed E-state index contributed by atoms with van der Waals surface area (Å²) in [7, 11) is -4.09. The Labute approximate surface area is 169 Å². The second kappa shape index (κ2) is 8.20. The summed E-state index contributed by atoms with van der Waals surface area (Å²) in [5.41, 5.74) is 0.877. The van der Waals surface area contributed by atoms with E-state index < -0.39 is 32.7 Å². The van der Waals surface area contributed by atoms with E-state index in [0.717, 1.165) is 9.87 Å². The summed E-state index contributed by atoms with van der Waals surface area (Å²) in [6.45, 7) is 7.06. The van der Waals surface area contributed by atoms with Crippen LogP contribution in [0.4, 0.5) is 0 Å². The average Bonchev–Trinajstić information content (AvgIpc) is 2.87. The molecule has 0 spiro atoms. The predicted octanol–water partition coefficient (Wildman–Crippen LogP) is 2.87. The highest BCUT2D eigenvalue weighted by Gasteiger charge is 2.56. The van der Waals surface area contributed by atoms with Gasteiger partial charge in [0.25, 0.3) is 15.9 Å². The maximum atomic E-state index is 13.0. The van der Waals surface area contributed by atoms with Gasteiger partial charge in [0.2, 0.25) is 0 Å². The van der Waals surface area contributed by atoms with Crippen LogP contribution in [-0.2, 0) is 24.3 Å². The topological polar surface area (TPSA) is 80.8 Å². The molecule has 148 valence electrons. The summed E-state index contributed by atoms with van der Waals surface area (Å²) in [4.78, 5) is 23.1. The van der Waals surface area contributed by atoms with Crippen molar-refractivity contribution in [2.75, 3.05) is 19.0 Å². The molecule has 1 heterocycles. The van der Waals surface area contributed by atoms with Crippen LogP contribution in [0.3, 0.4) is 0 Å². The van der Waals surface area contributed by atoms with Gasteiger partial charge in [0.05, 0.1) is 11.5 Å². The molecule has 0 aromatic heterocycles. The lowest BCUT2D eigenvalue weighted by Gasteiger charge is -2.25. The molecule has 0 saturated carbocycles. The molecule has 9 heteroatoms. The molecule has 1 aliphatic rings. The van der Waals surface area contributed by atoms with Crippen LogP contribution in [0.1, 0.15) is 18.9 Å². The monoisotopic (exact) mass is 433 g/mol. The van der Waals surface area contributed by atoms with Gasteiger partial charge in [0.1, 0.15) is 4.87 Å². The second-order valence-electron chi connectivity index (χ2n) is 6.37. The lowest BCUT2D eigenvalue weighted by Crippen LogP contribution is -2.41. The molecule has 0 bridgehead atoms. The van der Waals surface area contributed by atoms with Gasteiger partial charge in [-0.3, -0.25) is 4.79 Å². The maximum Gasteiger partial charge on any atom is 0.333 e. The standard InChI is InChI=1S/C18H21Cl2NO5S/c1-4-26-16(22)13(3)9-18(20)14(10-19)11-21(17(18)23)27(24,25)15-7-5-12(2)6-8-15/h5-8,14H,3-4,9-11H2,1-2H3. The normalized spacial score (nSPS) is 22.7. The third-order valence-corrected chi connectivity index (χ3v) is 7.18. The van der Waals surface area contributed by atoms with Gasteiger partial charge in [-0.25, -0.2) is 17.5 Å². The number of sulfonamides is 1. The first kappa shape index (κ1) is 21.7. The zero-order chi connectivity index (χ0) is 20.4. The average molecular weight is 434 g/mol. The van der Waals surface area contributed by atoms with E-state index in [1.165, 1.54) is 12.1 Å². The first-order valence-corrected chi connectivity index (χ1v) is 10.7. The molecule has 2 atom stereocenters. The van der Waals surface area contributed by atoms with E-state index in [0.29, 0.717) is 0 Å². The van der Waals surface area contributed by atoms with E-state index in [9.17, 15) is 18.0 Å². The first-order chi connectivity index (χ1) is 12.6. The number of aryl methyl sites for hydroxylation is 1. The Bertz CT molecular complexity index is 853. The number of halogens is 2. The van der Waals surface area contributed by atoms with Crippen LogP contribution >= 0.6 is 23.2 Å². The van der Waals surface area contributed by atoms with Gasteiger partial charge in [-0.05, 0) is 26.0 Å². The summed E-state index contributed by atoms with van der Waals surface area (Å²) in [5, 5.41) is 0. The third kappa shape index (κ3) is 4.15. The van der Waals surface area contributed by atoms with Gasteiger partial charge in [-0.15, -0.1) is 23.2 Å². The minimum absolute atomic E-state index is 0.00935. The molecule has 1 aromatic rings. The zero-order valence-electron chi connectivity index (χ0n) is 15.1. The van der Waals surface area contributed by atoms with Crippen LogP contribution in [0.15, 0.2) is 41.3 Å². The Balaban J connectivity index is 2.35. The molecule has 1 aromatic carbocycles. The number of benzene rings is 1. The van der Waals surface area contributed by atoms with Crippen LogP contribution in [0.25, 0.3) is 0 Å². The van der Waals surface area contributed by atoms with Crippen LogP contribution in [-0.4, -0.2) is 48.5 Å². The first-order valence-electron chi connectivity index (χ1n) is 8.31. The number of carbonyl (C=O) groups excluding carboxylic acids is 2. The Hall–Kier alpha value is -1.57. The number of hydrogen-bond acceptors (Lipinski definition) is 5. The summed E-state index contributed by atoms with van der Waals surface area (Å²) in [6, 6.07) is 6.14. The molecule has 0 aliphatic carbocycles. The Morgan fingerprint density at radius 3 is 2.48 bits per heavy atom. The van der Waals surface area contributed by atoms with Crippen molar-refractivity contribution in [3.63, 3.8) is 0 Å². The van der Waals surface area contributed by atoms with Crippen molar-refractivity contribution in [3.8, 4) is 0 Å².